The Bertz CT molecular complexity index is 827. The largest absolute Gasteiger partial charge is 0.493 e. The van der Waals surface area contributed by atoms with Gasteiger partial charge in [-0.15, -0.1) is 0 Å². The maximum Gasteiger partial charge on any atom is 0.201 e. The SMILES string of the molecule is COc1cc2ncnc(N3CCC(CCN[SH](=O)=O)CC3)c2cc1OC. The molecule has 0 unspecified atom stereocenters. The van der Waals surface area contributed by atoms with Crippen molar-refractivity contribution in [1.29, 1.82) is 0 Å². The van der Waals surface area contributed by atoms with Crippen molar-refractivity contribution in [3.05, 3.63) is 18.5 Å². The lowest BCUT2D eigenvalue weighted by molar-refractivity contribution is 0.355. The maximum absolute atomic E-state index is 10.6. The number of hydrogen-bond acceptors (Lipinski definition) is 7. The standard InChI is InChI=1S/C17H24N4O4S/c1-24-15-9-13-14(10-16(15)25-2)18-11-19-17(13)21-7-4-12(5-8-21)3-6-20-26(22)23/h9-12,26H,3-8H2,1-2H3,(H,20,22,23). The number of rotatable bonds is 7. The molecule has 3 rings (SSSR count). The van der Waals surface area contributed by atoms with Gasteiger partial charge in [0, 0.05) is 31.1 Å². The summed E-state index contributed by atoms with van der Waals surface area (Å²) in [6.07, 6.45) is 4.46. The van der Waals surface area contributed by atoms with Gasteiger partial charge in [0.15, 0.2) is 11.5 Å². The van der Waals surface area contributed by atoms with E-state index in [0.717, 1.165) is 49.1 Å². The topological polar surface area (TPSA) is 93.7 Å². The predicted octanol–water partition coefficient (Wildman–Crippen LogP) is 1.37. The molecule has 9 heteroatoms. The summed E-state index contributed by atoms with van der Waals surface area (Å²) in [6.45, 7) is 2.28. The molecule has 1 aromatic heterocycles. The highest BCUT2D eigenvalue weighted by Gasteiger charge is 2.22. The van der Waals surface area contributed by atoms with Gasteiger partial charge < -0.3 is 14.4 Å². The summed E-state index contributed by atoms with van der Waals surface area (Å²) in [7, 11) is 0.718. The third kappa shape index (κ3) is 4.16. The summed E-state index contributed by atoms with van der Waals surface area (Å²) in [5, 5.41) is 0.939. The minimum Gasteiger partial charge on any atom is -0.493 e. The number of hydrogen-bond donors (Lipinski definition) is 2. The summed E-state index contributed by atoms with van der Waals surface area (Å²) in [5.74, 6) is 2.72. The van der Waals surface area contributed by atoms with Crippen molar-refractivity contribution in [1.82, 2.24) is 14.7 Å². The summed E-state index contributed by atoms with van der Waals surface area (Å²) in [6, 6.07) is 3.78. The van der Waals surface area contributed by atoms with Crippen LogP contribution in [0.15, 0.2) is 18.5 Å². The molecule has 8 nitrogen and oxygen atoms in total. The third-order valence-electron chi connectivity index (χ3n) is 4.83. The molecule has 0 saturated carbocycles. The number of fused-ring (bicyclic) bond motifs is 1. The van der Waals surface area contributed by atoms with E-state index in [1.165, 1.54) is 0 Å². The van der Waals surface area contributed by atoms with Crippen molar-refractivity contribution in [2.45, 2.75) is 19.3 Å². The Kier molecular flexibility index (Phi) is 6.10. The van der Waals surface area contributed by atoms with Gasteiger partial charge in [0.25, 0.3) is 0 Å². The van der Waals surface area contributed by atoms with E-state index < -0.39 is 10.9 Å². The van der Waals surface area contributed by atoms with Crippen molar-refractivity contribution < 1.29 is 17.9 Å². The molecule has 2 aromatic rings. The van der Waals surface area contributed by atoms with Gasteiger partial charge >= 0.3 is 0 Å². The van der Waals surface area contributed by atoms with Crippen LogP contribution in [0.5, 0.6) is 11.5 Å². The second-order valence-corrected chi connectivity index (χ2v) is 7.14. The van der Waals surface area contributed by atoms with Crippen LogP contribution >= 0.6 is 0 Å². The normalized spacial score (nSPS) is 15.6. The molecule has 1 N–H and O–H groups in total. The summed E-state index contributed by atoms with van der Waals surface area (Å²) in [5.41, 5.74) is 0.818. The Morgan fingerprint density at radius 1 is 1.15 bits per heavy atom. The van der Waals surface area contributed by atoms with Crippen LogP contribution in [-0.4, -0.2) is 52.2 Å². The molecule has 1 aromatic carbocycles. The highest BCUT2D eigenvalue weighted by molar-refractivity contribution is 7.70. The molecule has 2 heterocycles. The minimum absolute atomic E-state index is 0.511. The first kappa shape index (κ1) is 18.7. The zero-order valence-electron chi connectivity index (χ0n) is 15.0. The van der Waals surface area contributed by atoms with Crippen molar-refractivity contribution in [3.8, 4) is 11.5 Å². The zero-order chi connectivity index (χ0) is 18.5. The van der Waals surface area contributed by atoms with E-state index in [-0.39, 0.29) is 0 Å². The lowest BCUT2D eigenvalue weighted by atomic mass is 9.93. The number of aromatic nitrogens is 2. The average Bonchev–Trinajstić information content (AvgIpc) is 2.66. The van der Waals surface area contributed by atoms with Crippen molar-refractivity contribution in [2.75, 3.05) is 38.8 Å². The van der Waals surface area contributed by atoms with E-state index >= 15 is 0 Å². The van der Waals surface area contributed by atoms with Crippen LogP contribution in [0.25, 0.3) is 10.9 Å². The molecule has 26 heavy (non-hydrogen) atoms. The molecule has 0 aliphatic carbocycles. The lowest BCUT2D eigenvalue weighted by Crippen LogP contribution is -2.35. The van der Waals surface area contributed by atoms with Gasteiger partial charge in [-0.25, -0.2) is 23.1 Å². The van der Waals surface area contributed by atoms with Crippen LogP contribution in [0.4, 0.5) is 5.82 Å². The monoisotopic (exact) mass is 380 g/mol. The molecule has 1 aliphatic rings. The van der Waals surface area contributed by atoms with Gasteiger partial charge in [0.1, 0.15) is 12.1 Å². The van der Waals surface area contributed by atoms with E-state index in [9.17, 15) is 8.42 Å². The van der Waals surface area contributed by atoms with Crippen LogP contribution in [0.2, 0.25) is 0 Å². The molecule has 0 radical (unpaired) electrons. The van der Waals surface area contributed by atoms with Gasteiger partial charge in [-0.05, 0) is 31.2 Å². The molecule has 1 aliphatic heterocycles. The zero-order valence-corrected chi connectivity index (χ0v) is 15.9. The first-order valence-corrected chi connectivity index (χ1v) is 9.79. The Morgan fingerprint density at radius 3 is 2.50 bits per heavy atom. The number of ether oxygens (including phenoxy) is 2. The first-order valence-electron chi connectivity index (χ1n) is 8.62. The molecule has 1 fully saturated rings. The molecule has 0 atom stereocenters. The number of thiol groups is 1. The van der Waals surface area contributed by atoms with Crippen molar-refractivity contribution >= 4 is 27.6 Å². The number of nitrogens with zero attached hydrogens (tertiary/aromatic N) is 3. The van der Waals surface area contributed by atoms with Crippen LogP contribution in [0.1, 0.15) is 19.3 Å². The fourth-order valence-electron chi connectivity index (χ4n) is 3.41. The Labute approximate surface area is 154 Å². The van der Waals surface area contributed by atoms with E-state index in [1.54, 1.807) is 20.5 Å². The van der Waals surface area contributed by atoms with Crippen molar-refractivity contribution in [2.24, 2.45) is 5.92 Å². The average molecular weight is 380 g/mol. The van der Waals surface area contributed by atoms with Gasteiger partial charge in [-0.3, -0.25) is 0 Å². The first-order chi connectivity index (χ1) is 12.6. The molecular weight excluding hydrogens is 356 g/mol. The number of anilines is 1. The van der Waals surface area contributed by atoms with E-state index in [4.69, 9.17) is 9.47 Å². The van der Waals surface area contributed by atoms with Crippen LogP contribution < -0.4 is 19.1 Å². The van der Waals surface area contributed by atoms with Crippen LogP contribution in [-0.2, 0) is 10.9 Å². The second-order valence-electron chi connectivity index (χ2n) is 6.31. The summed E-state index contributed by atoms with van der Waals surface area (Å²) in [4.78, 5) is 11.1. The fraction of sp³-hybridized carbons (Fsp3) is 0.529. The van der Waals surface area contributed by atoms with E-state index in [1.807, 2.05) is 12.1 Å². The molecule has 0 bridgehead atoms. The lowest BCUT2D eigenvalue weighted by Gasteiger charge is -2.33. The predicted molar refractivity (Wildman–Crippen MR) is 101 cm³/mol. The highest BCUT2D eigenvalue weighted by atomic mass is 32.2. The number of methoxy groups -OCH3 is 2. The maximum atomic E-state index is 10.6. The third-order valence-corrected chi connectivity index (χ3v) is 5.31. The summed E-state index contributed by atoms with van der Waals surface area (Å²) < 4.78 is 34.4. The van der Waals surface area contributed by atoms with Gasteiger partial charge in [0.05, 0.1) is 19.7 Å². The molecule has 1 saturated heterocycles. The highest BCUT2D eigenvalue weighted by Crippen LogP contribution is 2.35. The van der Waals surface area contributed by atoms with Gasteiger partial charge in [-0.2, -0.15) is 0 Å². The Morgan fingerprint density at radius 2 is 1.85 bits per heavy atom. The van der Waals surface area contributed by atoms with Crippen molar-refractivity contribution in [3.63, 3.8) is 0 Å². The fourth-order valence-corrected chi connectivity index (χ4v) is 3.73. The minimum atomic E-state index is -2.50. The second kappa shape index (κ2) is 8.50. The van der Waals surface area contributed by atoms with Gasteiger partial charge in [-0.1, -0.05) is 0 Å². The molecule has 142 valence electrons. The molecular formula is C17H24N4O4S. The van der Waals surface area contributed by atoms with E-state index in [2.05, 4.69) is 19.6 Å². The Balaban J connectivity index is 1.75. The van der Waals surface area contributed by atoms with Crippen LogP contribution in [0.3, 0.4) is 0 Å². The molecule has 0 amide bonds. The molecule has 0 spiro atoms. The Hall–Kier alpha value is -2.13. The van der Waals surface area contributed by atoms with E-state index in [0.29, 0.717) is 24.0 Å². The number of benzene rings is 1. The summed E-state index contributed by atoms with van der Waals surface area (Å²) >= 11 is 0. The quantitative estimate of drug-likeness (QED) is 0.701. The number of nitrogens with one attached hydrogen (secondary N) is 1. The van der Waals surface area contributed by atoms with Gasteiger partial charge in [0.2, 0.25) is 10.9 Å². The number of piperidine rings is 1. The smallest absolute Gasteiger partial charge is 0.201 e. The van der Waals surface area contributed by atoms with Crippen LogP contribution in [0, 0.1) is 5.92 Å².